The number of imidazole rings is 1. The minimum absolute atomic E-state index is 0.00224. The highest BCUT2D eigenvalue weighted by Gasteiger charge is 2.48. The predicted molar refractivity (Wildman–Crippen MR) is 132 cm³/mol. The maximum absolute atomic E-state index is 13.4. The molecule has 0 saturated carbocycles. The summed E-state index contributed by atoms with van der Waals surface area (Å²) in [5, 5.41) is 11.2. The molecular weight excluding hydrogens is 446 g/mol. The molecule has 8 nitrogen and oxygen atoms in total. The number of aromatic amines is 1. The molecule has 1 atom stereocenters. The van der Waals surface area contributed by atoms with E-state index in [-0.39, 0.29) is 17.3 Å². The Bertz CT molecular complexity index is 1450. The standard InChI is InChI=1S/C27H23N3O5/c1-15-8-7-11-17(12-15)23-22(24(31)16-9-5-4-6-10-16)25(32)26(33)30(23)27-28-18-13-20(34-2)21(35-3)14-19(18)29-27/h4-14,23,31H,1-3H3,(H,28,29)/b24-22+. The van der Waals surface area contributed by atoms with Gasteiger partial charge in [-0.3, -0.25) is 14.5 Å². The number of anilines is 1. The Hall–Kier alpha value is -4.59. The number of methoxy groups -OCH3 is 2. The highest BCUT2D eigenvalue weighted by molar-refractivity contribution is 6.51. The number of carbonyl (C=O) groups is 2. The number of aromatic nitrogens is 2. The number of amides is 1. The first-order valence-electron chi connectivity index (χ1n) is 11.0. The Balaban J connectivity index is 1.73. The molecule has 176 valence electrons. The van der Waals surface area contributed by atoms with Gasteiger partial charge in [-0.2, -0.15) is 0 Å². The quantitative estimate of drug-likeness (QED) is 0.253. The topological polar surface area (TPSA) is 105 Å². The number of H-pyrrole nitrogens is 1. The Labute approximate surface area is 201 Å². The van der Waals surface area contributed by atoms with Crippen molar-refractivity contribution in [2.75, 3.05) is 19.1 Å². The zero-order valence-electron chi connectivity index (χ0n) is 19.4. The lowest BCUT2D eigenvalue weighted by molar-refractivity contribution is -0.132. The lowest BCUT2D eigenvalue weighted by Gasteiger charge is -2.23. The van der Waals surface area contributed by atoms with Crippen molar-refractivity contribution in [3.8, 4) is 11.5 Å². The summed E-state index contributed by atoms with van der Waals surface area (Å²) in [6.07, 6.45) is 0. The van der Waals surface area contributed by atoms with E-state index in [2.05, 4.69) is 9.97 Å². The van der Waals surface area contributed by atoms with Crippen molar-refractivity contribution in [2.45, 2.75) is 13.0 Å². The van der Waals surface area contributed by atoms with Crippen LogP contribution in [-0.4, -0.2) is 41.0 Å². The monoisotopic (exact) mass is 469 g/mol. The maximum atomic E-state index is 13.4. The summed E-state index contributed by atoms with van der Waals surface area (Å²) >= 11 is 0. The fourth-order valence-electron chi connectivity index (χ4n) is 4.40. The largest absolute Gasteiger partial charge is 0.507 e. The van der Waals surface area contributed by atoms with Crippen LogP contribution >= 0.6 is 0 Å². The minimum Gasteiger partial charge on any atom is -0.507 e. The van der Waals surface area contributed by atoms with Crippen LogP contribution in [0.15, 0.2) is 72.3 Å². The van der Waals surface area contributed by atoms with Crippen LogP contribution in [0, 0.1) is 6.92 Å². The number of carbonyl (C=O) groups excluding carboxylic acids is 2. The highest BCUT2D eigenvalue weighted by Crippen LogP contribution is 2.42. The van der Waals surface area contributed by atoms with E-state index in [1.165, 1.54) is 19.1 Å². The molecule has 1 amide bonds. The number of aryl methyl sites for hydroxylation is 1. The summed E-state index contributed by atoms with van der Waals surface area (Å²) in [6, 6.07) is 18.7. The summed E-state index contributed by atoms with van der Waals surface area (Å²) in [5.41, 5.74) is 3.21. The predicted octanol–water partition coefficient (Wildman–Crippen LogP) is 4.51. The van der Waals surface area contributed by atoms with Crippen LogP contribution in [0.5, 0.6) is 11.5 Å². The fourth-order valence-corrected chi connectivity index (χ4v) is 4.40. The van der Waals surface area contributed by atoms with Gasteiger partial charge in [-0.15, -0.1) is 0 Å². The van der Waals surface area contributed by atoms with Gasteiger partial charge < -0.3 is 19.6 Å². The average molecular weight is 469 g/mol. The van der Waals surface area contributed by atoms with E-state index in [0.717, 1.165) is 5.56 Å². The number of hydrogen-bond acceptors (Lipinski definition) is 6. The summed E-state index contributed by atoms with van der Waals surface area (Å²) in [4.78, 5) is 35.7. The Morgan fingerprint density at radius 1 is 0.971 bits per heavy atom. The number of fused-ring (bicyclic) bond motifs is 1. The molecule has 1 aliphatic heterocycles. The Morgan fingerprint density at radius 3 is 2.37 bits per heavy atom. The van der Waals surface area contributed by atoms with Crippen LogP contribution in [0.4, 0.5) is 5.95 Å². The summed E-state index contributed by atoms with van der Waals surface area (Å²) in [7, 11) is 3.05. The van der Waals surface area contributed by atoms with Crippen LogP contribution < -0.4 is 14.4 Å². The third kappa shape index (κ3) is 3.69. The van der Waals surface area contributed by atoms with Gasteiger partial charge in [0.25, 0.3) is 5.78 Å². The summed E-state index contributed by atoms with van der Waals surface area (Å²) in [6.45, 7) is 1.92. The van der Waals surface area contributed by atoms with Crippen LogP contribution in [0.3, 0.4) is 0 Å². The molecule has 35 heavy (non-hydrogen) atoms. The molecule has 1 aliphatic rings. The molecule has 3 aromatic carbocycles. The summed E-state index contributed by atoms with van der Waals surface area (Å²) in [5.74, 6) is -0.648. The zero-order valence-corrected chi connectivity index (χ0v) is 19.4. The molecule has 1 saturated heterocycles. The van der Waals surface area contributed by atoms with E-state index in [9.17, 15) is 14.7 Å². The highest BCUT2D eigenvalue weighted by atomic mass is 16.5. The number of aliphatic hydroxyl groups excluding tert-OH is 1. The number of rotatable bonds is 5. The molecule has 2 N–H and O–H groups in total. The van der Waals surface area contributed by atoms with Crippen molar-refractivity contribution < 1.29 is 24.2 Å². The number of ether oxygens (including phenoxy) is 2. The van der Waals surface area contributed by atoms with Gasteiger partial charge in [0.15, 0.2) is 11.5 Å². The number of aliphatic hydroxyl groups is 1. The fraction of sp³-hybridized carbons (Fsp3) is 0.148. The number of ketones is 1. The van der Waals surface area contributed by atoms with Gasteiger partial charge in [0.2, 0.25) is 5.95 Å². The lowest BCUT2D eigenvalue weighted by atomic mass is 9.94. The van der Waals surface area contributed by atoms with Crippen molar-refractivity contribution in [1.29, 1.82) is 0 Å². The first-order valence-corrected chi connectivity index (χ1v) is 11.0. The first-order chi connectivity index (χ1) is 16.9. The van der Waals surface area contributed by atoms with Gasteiger partial charge in [0.05, 0.1) is 36.9 Å². The van der Waals surface area contributed by atoms with Crippen LogP contribution in [-0.2, 0) is 9.59 Å². The third-order valence-corrected chi connectivity index (χ3v) is 6.05. The molecule has 0 bridgehead atoms. The second-order valence-corrected chi connectivity index (χ2v) is 8.23. The minimum atomic E-state index is -0.876. The van der Waals surface area contributed by atoms with Gasteiger partial charge in [-0.25, -0.2) is 4.98 Å². The van der Waals surface area contributed by atoms with E-state index in [1.807, 2.05) is 37.3 Å². The lowest BCUT2D eigenvalue weighted by Crippen LogP contribution is -2.30. The molecule has 1 fully saturated rings. The number of nitrogens with zero attached hydrogens (tertiary/aromatic N) is 2. The van der Waals surface area contributed by atoms with E-state index >= 15 is 0 Å². The molecule has 1 unspecified atom stereocenters. The average Bonchev–Trinajstić information content (AvgIpc) is 3.40. The van der Waals surface area contributed by atoms with E-state index in [1.54, 1.807) is 36.4 Å². The van der Waals surface area contributed by atoms with E-state index in [0.29, 0.717) is 33.7 Å². The van der Waals surface area contributed by atoms with Crippen LogP contribution in [0.2, 0.25) is 0 Å². The molecule has 0 radical (unpaired) electrons. The van der Waals surface area contributed by atoms with Crippen molar-refractivity contribution >= 4 is 34.4 Å². The first kappa shape index (κ1) is 22.2. The third-order valence-electron chi connectivity index (χ3n) is 6.05. The molecule has 2 heterocycles. The maximum Gasteiger partial charge on any atom is 0.302 e. The van der Waals surface area contributed by atoms with Crippen LogP contribution in [0.1, 0.15) is 22.7 Å². The zero-order chi connectivity index (χ0) is 24.7. The van der Waals surface area contributed by atoms with E-state index < -0.39 is 17.7 Å². The SMILES string of the molecule is COc1cc2nc(N3C(=O)C(=O)/C(=C(/O)c4ccccc4)C3c3cccc(C)c3)[nH]c2cc1OC. The van der Waals surface area contributed by atoms with Gasteiger partial charge >= 0.3 is 5.91 Å². The van der Waals surface area contributed by atoms with Crippen molar-refractivity contribution in [2.24, 2.45) is 0 Å². The number of Topliss-reactive ketones (excluding diaryl/α,β-unsaturated/α-hetero) is 1. The van der Waals surface area contributed by atoms with E-state index in [4.69, 9.17) is 9.47 Å². The van der Waals surface area contributed by atoms with Crippen molar-refractivity contribution in [3.63, 3.8) is 0 Å². The molecular formula is C27H23N3O5. The van der Waals surface area contributed by atoms with Crippen molar-refractivity contribution in [3.05, 3.63) is 89.0 Å². The smallest absolute Gasteiger partial charge is 0.302 e. The van der Waals surface area contributed by atoms with Gasteiger partial charge in [-0.05, 0) is 12.5 Å². The van der Waals surface area contributed by atoms with Gasteiger partial charge in [0, 0.05) is 17.7 Å². The molecule has 1 aromatic heterocycles. The second-order valence-electron chi connectivity index (χ2n) is 8.23. The number of benzene rings is 3. The molecule has 0 aliphatic carbocycles. The summed E-state index contributed by atoms with van der Waals surface area (Å²) < 4.78 is 10.7. The number of nitrogens with one attached hydrogen (secondary N) is 1. The number of hydrogen-bond donors (Lipinski definition) is 2. The Morgan fingerprint density at radius 2 is 1.69 bits per heavy atom. The van der Waals surface area contributed by atoms with Crippen molar-refractivity contribution in [1.82, 2.24) is 9.97 Å². The normalized spacial score (nSPS) is 17.2. The second kappa shape index (κ2) is 8.64. The molecule has 0 spiro atoms. The van der Waals surface area contributed by atoms with Crippen LogP contribution in [0.25, 0.3) is 16.8 Å². The Kier molecular flexibility index (Phi) is 5.49. The molecule has 8 heteroatoms. The van der Waals surface area contributed by atoms with Gasteiger partial charge in [0.1, 0.15) is 5.76 Å². The molecule has 5 rings (SSSR count). The van der Waals surface area contributed by atoms with Gasteiger partial charge in [-0.1, -0.05) is 60.2 Å². The molecule has 4 aromatic rings.